The molecule has 0 saturated heterocycles. The van der Waals surface area contributed by atoms with Crippen LogP contribution in [0.1, 0.15) is 12.5 Å². The zero-order valence-electron chi connectivity index (χ0n) is 15.2. The lowest BCUT2D eigenvalue weighted by Gasteiger charge is -2.10. The molecule has 0 bridgehead atoms. The monoisotopic (exact) mass is 404 g/mol. The second-order valence-corrected chi connectivity index (χ2v) is 6.43. The number of hydrogen-bond donors (Lipinski definition) is 1. The summed E-state index contributed by atoms with van der Waals surface area (Å²) in [6, 6.07) is 12.9. The highest BCUT2D eigenvalue weighted by atomic mass is 32.2. The Morgan fingerprint density at radius 2 is 1.96 bits per heavy atom. The summed E-state index contributed by atoms with van der Waals surface area (Å²) in [6.45, 7) is 2.33. The van der Waals surface area contributed by atoms with Gasteiger partial charge in [0.15, 0.2) is 11.5 Å². The summed E-state index contributed by atoms with van der Waals surface area (Å²) in [7, 11) is 1.50. The van der Waals surface area contributed by atoms with Gasteiger partial charge in [-0.1, -0.05) is 17.8 Å². The molecule has 1 amide bonds. The zero-order valence-corrected chi connectivity index (χ0v) is 16.1. The average molecular weight is 404 g/mol. The second kappa shape index (κ2) is 10.3. The summed E-state index contributed by atoms with van der Waals surface area (Å²) in [5.74, 6) is -2.07. The van der Waals surface area contributed by atoms with Gasteiger partial charge in [-0.2, -0.15) is 14.0 Å². The van der Waals surface area contributed by atoms with Crippen molar-refractivity contribution in [3.63, 3.8) is 0 Å². The maximum Gasteiger partial charge on any atom is 0.288 e. The van der Waals surface area contributed by atoms with Gasteiger partial charge in [0, 0.05) is 10.6 Å². The molecule has 0 aliphatic rings. The summed E-state index contributed by atoms with van der Waals surface area (Å²) < 4.78 is 35.4. The number of carbonyl (C=O) groups is 1. The highest BCUT2D eigenvalue weighted by Gasteiger charge is 2.12. The molecule has 28 heavy (non-hydrogen) atoms. The fourth-order valence-electron chi connectivity index (χ4n) is 2.28. The molecule has 2 rings (SSSR count). The van der Waals surface area contributed by atoms with E-state index >= 15 is 0 Å². The molecule has 1 N–H and O–H groups in total. The number of nitriles is 1. The van der Waals surface area contributed by atoms with Gasteiger partial charge in [-0.05, 0) is 55.0 Å². The van der Waals surface area contributed by atoms with Crippen molar-refractivity contribution in [3.8, 4) is 17.6 Å². The van der Waals surface area contributed by atoms with E-state index in [2.05, 4.69) is 5.32 Å². The third-order valence-corrected chi connectivity index (χ3v) is 4.22. The Balaban J connectivity index is 2.15. The molecule has 0 heterocycles. The number of alkyl halides is 2. The summed E-state index contributed by atoms with van der Waals surface area (Å²) in [5, 5.41) is 11.9. The smallest absolute Gasteiger partial charge is 0.288 e. The van der Waals surface area contributed by atoms with Crippen molar-refractivity contribution in [3.05, 3.63) is 53.6 Å². The van der Waals surface area contributed by atoms with Gasteiger partial charge in [0.2, 0.25) is 0 Å². The molecule has 5 nitrogen and oxygen atoms in total. The minimum atomic E-state index is -2.51. The predicted molar refractivity (Wildman–Crippen MR) is 105 cm³/mol. The van der Waals surface area contributed by atoms with Crippen molar-refractivity contribution >= 4 is 29.4 Å². The number of amides is 1. The molecular weight excluding hydrogens is 386 g/mol. The third-order valence-electron chi connectivity index (χ3n) is 3.50. The molecule has 0 unspecified atom stereocenters. The summed E-state index contributed by atoms with van der Waals surface area (Å²) in [4.78, 5) is 12.7. The number of nitrogens with one attached hydrogen (secondary N) is 1. The number of benzene rings is 2. The van der Waals surface area contributed by atoms with E-state index in [0.29, 0.717) is 46.0 Å². The average Bonchev–Trinajstić information content (AvgIpc) is 2.68. The van der Waals surface area contributed by atoms with Gasteiger partial charge in [-0.15, -0.1) is 0 Å². The van der Waals surface area contributed by atoms with E-state index in [9.17, 15) is 18.8 Å². The molecule has 0 aliphatic heterocycles. The molecule has 0 aromatic heterocycles. The number of thioether (sulfide) groups is 1. The predicted octanol–water partition coefficient (Wildman–Crippen LogP) is 4.95. The number of carbonyl (C=O) groups excluding carboxylic acids is 1. The highest BCUT2D eigenvalue weighted by molar-refractivity contribution is 7.99. The maximum absolute atomic E-state index is 12.4. The Hall–Kier alpha value is -3.05. The van der Waals surface area contributed by atoms with Crippen LogP contribution < -0.4 is 14.8 Å². The Kier molecular flexibility index (Phi) is 7.84. The van der Waals surface area contributed by atoms with Gasteiger partial charge in [-0.25, -0.2) is 0 Å². The summed E-state index contributed by atoms with van der Waals surface area (Å²) in [5.41, 5.74) is 0.877. The topological polar surface area (TPSA) is 71.3 Å². The van der Waals surface area contributed by atoms with Crippen LogP contribution in [-0.4, -0.2) is 25.4 Å². The first-order valence-corrected chi connectivity index (χ1v) is 9.13. The van der Waals surface area contributed by atoms with E-state index in [1.165, 1.54) is 37.5 Å². The number of nitrogens with zero attached hydrogens (tertiary/aromatic N) is 1. The second-order valence-electron chi connectivity index (χ2n) is 5.37. The van der Waals surface area contributed by atoms with E-state index in [-0.39, 0.29) is 5.57 Å². The number of hydrogen-bond acceptors (Lipinski definition) is 5. The Bertz CT molecular complexity index is 893. The van der Waals surface area contributed by atoms with Crippen LogP contribution in [0.4, 0.5) is 14.5 Å². The van der Waals surface area contributed by atoms with Crippen LogP contribution in [0.25, 0.3) is 6.08 Å². The number of rotatable bonds is 8. The molecule has 0 radical (unpaired) electrons. The Morgan fingerprint density at radius 1 is 1.25 bits per heavy atom. The molecule has 0 fully saturated rings. The van der Waals surface area contributed by atoms with Crippen molar-refractivity contribution in [2.45, 2.75) is 17.6 Å². The summed E-state index contributed by atoms with van der Waals surface area (Å²) in [6.07, 6.45) is 1.43. The van der Waals surface area contributed by atoms with Gasteiger partial charge in [0.1, 0.15) is 11.6 Å². The van der Waals surface area contributed by atoms with E-state index in [1.807, 2.05) is 13.0 Å². The third kappa shape index (κ3) is 5.99. The first kappa shape index (κ1) is 21.3. The molecule has 8 heteroatoms. The number of methoxy groups -OCH3 is 1. The number of ether oxygens (including phenoxy) is 2. The Labute approximate surface area is 166 Å². The molecule has 2 aromatic rings. The van der Waals surface area contributed by atoms with Crippen LogP contribution in [-0.2, 0) is 4.79 Å². The number of anilines is 1. The number of halogens is 2. The molecule has 0 atom stereocenters. The maximum atomic E-state index is 12.4. The van der Waals surface area contributed by atoms with Crippen molar-refractivity contribution < 1.29 is 23.0 Å². The van der Waals surface area contributed by atoms with E-state index in [1.54, 1.807) is 18.2 Å². The molecular formula is C20H18F2N2O3S. The minimum absolute atomic E-state index is 0.114. The standard InChI is InChI=1S/C20H18F2N2O3S/c1-3-27-17-9-4-13(11-18(17)26-2)10-14(12-23)19(25)24-15-5-7-16(8-6-15)28-20(21)22/h4-11,20H,3H2,1-2H3,(H,24,25)/b14-10+. The zero-order chi connectivity index (χ0) is 20.5. The van der Waals surface area contributed by atoms with Crippen LogP contribution >= 0.6 is 11.8 Å². The highest BCUT2D eigenvalue weighted by Crippen LogP contribution is 2.29. The Morgan fingerprint density at radius 3 is 2.54 bits per heavy atom. The largest absolute Gasteiger partial charge is 0.493 e. The van der Waals surface area contributed by atoms with Crippen molar-refractivity contribution in [2.75, 3.05) is 19.0 Å². The van der Waals surface area contributed by atoms with Crippen LogP contribution in [0.15, 0.2) is 52.9 Å². The van der Waals surface area contributed by atoms with E-state index < -0.39 is 11.7 Å². The molecule has 0 aliphatic carbocycles. The first-order chi connectivity index (χ1) is 13.5. The molecule has 0 saturated carbocycles. The van der Waals surface area contributed by atoms with Crippen LogP contribution in [0.3, 0.4) is 0 Å². The molecule has 2 aromatic carbocycles. The van der Waals surface area contributed by atoms with E-state index in [4.69, 9.17) is 9.47 Å². The molecule has 0 spiro atoms. The normalized spacial score (nSPS) is 11.1. The fourth-order valence-corrected chi connectivity index (χ4v) is 2.78. The van der Waals surface area contributed by atoms with Gasteiger partial charge < -0.3 is 14.8 Å². The quantitative estimate of drug-likeness (QED) is 0.383. The van der Waals surface area contributed by atoms with Crippen LogP contribution in [0, 0.1) is 11.3 Å². The SMILES string of the molecule is CCOc1ccc(/C=C(\C#N)C(=O)Nc2ccc(SC(F)F)cc2)cc1OC. The van der Waals surface area contributed by atoms with Gasteiger partial charge in [-0.3, -0.25) is 4.79 Å². The lowest BCUT2D eigenvalue weighted by molar-refractivity contribution is -0.112. The van der Waals surface area contributed by atoms with E-state index in [0.717, 1.165) is 0 Å². The van der Waals surface area contributed by atoms with Gasteiger partial charge in [0.05, 0.1) is 13.7 Å². The fraction of sp³-hybridized carbons (Fsp3) is 0.200. The van der Waals surface area contributed by atoms with Crippen molar-refractivity contribution in [1.29, 1.82) is 5.26 Å². The van der Waals surface area contributed by atoms with Gasteiger partial charge >= 0.3 is 0 Å². The first-order valence-electron chi connectivity index (χ1n) is 8.25. The van der Waals surface area contributed by atoms with Crippen LogP contribution in [0.5, 0.6) is 11.5 Å². The van der Waals surface area contributed by atoms with Crippen LogP contribution in [0.2, 0.25) is 0 Å². The summed E-state index contributed by atoms with van der Waals surface area (Å²) >= 11 is 0.415. The minimum Gasteiger partial charge on any atom is -0.493 e. The lowest BCUT2D eigenvalue weighted by Crippen LogP contribution is -2.13. The van der Waals surface area contributed by atoms with Crippen molar-refractivity contribution in [2.24, 2.45) is 0 Å². The lowest BCUT2D eigenvalue weighted by atomic mass is 10.1. The van der Waals surface area contributed by atoms with Gasteiger partial charge in [0.25, 0.3) is 11.7 Å². The molecule has 146 valence electrons. The van der Waals surface area contributed by atoms with Crippen molar-refractivity contribution in [1.82, 2.24) is 0 Å².